The first kappa shape index (κ1) is 33.5. The highest BCUT2D eigenvalue weighted by molar-refractivity contribution is 7.98. The summed E-state index contributed by atoms with van der Waals surface area (Å²) >= 11 is 1.47. The van der Waals surface area contributed by atoms with Crippen molar-refractivity contribution in [2.75, 3.05) is 18.6 Å². The van der Waals surface area contributed by atoms with Crippen LogP contribution >= 0.6 is 11.8 Å². The Kier molecular flexibility index (Phi) is 16.6. The number of hydrogen-bond acceptors (Lipinski definition) is 7. The summed E-state index contributed by atoms with van der Waals surface area (Å²) in [7, 11) is 0. The molecular formula is C23H45N7O5S. The molecule has 208 valence electrons. The summed E-state index contributed by atoms with van der Waals surface area (Å²) in [6.45, 7) is 7.66. The van der Waals surface area contributed by atoms with E-state index in [-0.39, 0.29) is 37.2 Å². The van der Waals surface area contributed by atoms with Crippen LogP contribution in [-0.4, -0.2) is 77.5 Å². The van der Waals surface area contributed by atoms with E-state index in [1.165, 1.54) is 11.8 Å². The number of carboxylic acid groups (broad SMARTS) is 1. The predicted octanol–water partition coefficient (Wildman–Crippen LogP) is -0.248. The fraction of sp³-hybridized carbons (Fsp3) is 0.783. The number of aliphatic imine (C=N–C) groups is 1. The fourth-order valence-corrected chi connectivity index (χ4v) is 3.73. The third-order valence-electron chi connectivity index (χ3n) is 6.16. The normalized spacial score (nSPS) is 15.9. The third kappa shape index (κ3) is 12.4. The van der Waals surface area contributed by atoms with Crippen molar-refractivity contribution in [3.05, 3.63) is 0 Å². The zero-order valence-corrected chi connectivity index (χ0v) is 22.9. The van der Waals surface area contributed by atoms with Gasteiger partial charge in [0.05, 0.1) is 6.04 Å². The number of carboxylic acids is 1. The Hall–Kier alpha value is -2.54. The molecule has 0 heterocycles. The summed E-state index contributed by atoms with van der Waals surface area (Å²) in [4.78, 5) is 54.5. The van der Waals surface area contributed by atoms with Crippen molar-refractivity contribution in [1.29, 1.82) is 0 Å². The Balaban J connectivity index is 5.66. The smallest absolute Gasteiger partial charge is 0.326 e. The number of nitrogens with zero attached hydrogens (tertiary/aromatic N) is 1. The maximum Gasteiger partial charge on any atom is 0.326 e. The summed E-state index contributed by atoms with van der Waals surface area (Å²) in [5, 5.41) is 17.4. The van der Waals surface area contributed by atoms with E-state index in [1.807, 2.05) is 27.0 Å². The molecule has 0 saturated heterocycles. The van der Waals surface area contributed by atoms with Gasteiger partial charge in [-0.3, -0.25) is 19.4 Å². The number of nitrogens with one attached hydrogen (secondary N) is 3. The van der Waals surface area contributed by atoms with Crippen molar-refractivity contribution in [3.8, 4) is 0 Å². The Morgan fingerprint density at radius 2 is 1.47 bits per heavy atom. The van der Waals surface area contributed by atoms with Crippen LogP contribution in [0.1, 0.15) is 59.8 Å². The molecule has 13 heteroatoms. The molecule has 10 N–H and O–H groups in total. The molecule has 0 rings (SSSR count). The summed E-state index contributed by atoms with van der Waals surface area (Å²) in [5.74, 6) is -2.68. The molecule has 0 aromatic heterocycles. The molecule has 36 heavy (non-hydrogen) atoms. The van der Waals surface area contributed by atoms with E-state index in [4.69, 9.17) is 17.2 Å². The lowest BCUT2D eigenvalue weighted by atomic mass is 9.96. The molecule has 0 fully saturated rings. The van der Waals surface area contributed by atoms with E-state index in [1.54, 1.807) is 6.92 Å². The van der Waals surface area contributed by atoms with Gasteiger partial charge in [0.15, 0.2) is 5.96 Å². The number of thioether (sulfide) groups is 1. The van der Waals surface area contributed by atoms with Gasteiger partial charge in [-0.25, -0.2) is 4.79 Å². The van der Waals surface area contributed by atoms with Gasteiger partial charge in [0, 0.05) is 6.54 Å². The van der Waals surface area contributed by atoms with Crippen LogP contribution in [0, 0.1) is 11.8 Å². The Labute approximate surface area is 218 Å². The minimum absolute atomic E-state index is 0.0817. The second kappa shape index (κ2) is 17.8. The van der Waals surface area contributed by atoms with E-state index < -0.39 is 47.9 Å². The number of aliphatic carboxylic acids is 1. The maximum atomic E-state index is 13.2. The van der Waals surface area contributed by atoms with E-state index in [2.05, 4.69) is 20.9 Å². The van der Waals surface area contributed by atoms with Crippen LogP contribution < -0.4 is 33.2 Å². The zero-order valence-electron chi connectivity index (χ0n) is 22.1. The zero-order chi connectivity index (χ0) is 27.8. The van der Waals surface area contributed by atoms with E-state index in [0.717, 1.165) is 0 Å². The average molecular weight is 532 g/mol. The van der Waals surface area contributed by atoms with Gasteiger partial charge in [0.2, 0.25) is 17.7 Å². The van der Waals surface area contributed by atoms with Crippen molar-refractivity contribution in [2.45, 2.75) is 84.0 Å². The Bertz CT molecular complexity index is 748. The fourth-order valence-electron chi connectivity index (χ4n) is 3.26. The number of amides is 3. The molecule has 0 saturated carbocycles. The number of rotatable bonds is 18. The predicted molar refractivity (Wildman–Crippen MR) is 143 cm³/mol. The maximum absolute atomic E-state index is 13.2. The van der Waals surface area contributed by atoms with Crippen molar-refractivity contribution < 1.29 is 24.3 Å². The van der Waals surface area contributed by atoms with Crippen molar-refractivity contribution in [2.24, 2.45) is 34.0 Å². The highest BCUT2D eigenvalue weighted by atomic mass is 32.2. The van der Waals surface area contributed by atoms with Crippen molar-refractivity contribution >= 4 is 41.4 Å². The largest absolute Gasteiger partial charge is 0.480 e. The molecule has 0 aliphatic rings. The van der Waals surface area contributed by atoms with Crippen LogP contribution in [0.2, 0.25) is 0 Å². The standard InChI is InChI=1S/C23H45N7O5S/c1-6-13(3)17(24)20(32)28-15(9-8-11-27-23(25)26)19(31)30-18(14(4)7-2)21(33)29-16(22(34)35)10-12-36-5/h13-18H,6-12,24H2,1-5H3,(H,28,32)(H,29,33)(H,30,31)(H,34,35)(H4,25,26,27). The molecule has 0 spiro atoms. The van der Waals surface area contributed by atoms with Crippen LogP contribution in [0.15, 0.2) is 4.99 Å². The summed E-state index contributed by atoms with van der Waals surface area (Å²) in [6, 6.07) is -3.84. The number of carbonyl (C=O) groups excluding carboxylic acids is 3. The van der Waals surface area contributed by atoms with Gasteiger partial charge in [-0.05, 0) is 43.1 Å². The monoisotopic (exact) mass is 531 g/mol. The highest BCUT2D eigenvalue weighted by Crippen LogP contribution is 2.12. The number of carbonyl (C=O) groups is 4. The van der Waals surface area contributed by atoms with Gasteiger partial charge in [-0.2, -0.15) is 11.8 Å². The Morgan fingerprint density at radius 1 is 0.889 bits per heavy atom. The summed E-state index contributed by atoms with van der Waals surface area (Å²) in [5.41, 5.74) is 16.7. The van der Waals surface area contributed by atoms with Crippen LogP contribution in [0.3, 0.4) is 0 Å². The third-order valence-corrected chi connectivity index (χ3v) is 6.80. The van der Waals surface area contributed by atoms with Gasteiger partial charge in [-0.15, -0.1) is 0 Å². The van der Waals surface area contributed by atoms with Crippen molar-refractivity contribution in [3.63, 3.8) is 0 Å². The molecule has 6 unspecified atom stereocenters. The molecule has 3 amide bonds. The van der Waals surface area contributed by atoms with Crippen LogP contribution in [-0.2, 0) is 19.2 Å². The van der Waals surface area contributed by atoms with Gasteiger partial charge in [0.25, 0.3) is 0 Å². The SMILES string of the molecule is CCC(C)C(N)C(=O)NC(CCCN=C(N)N)C(=O)NC(C(=O)NC(CCSC)C(=O)O)C(C)CC. The lowest BCUT2D eigenvalue weighted by molar-refractivity contribution is -0.142. The van der Waals surface area contributed by atoms with E-state index in [0.29, 0.717) is 25.0 Å². The van der Waals surface area contributed by atoms with E-state index in [9.17, 15) is 24.3 Å². The second-order valence-corrected chi connectivity index (χ2v) is 9.96. The molecule has 0 radical (unpaired) electrons. The second-order valence-electron chi connectivity index (χ2n) is 8.97. The summed E-state index contributed by atoms with van der Waals surface area (Å²) < 4.78 is 0. The first-order chi connectivity index (χ1) is 16.9. The topological polar surface area (TPSA) is 215 Å². The first-order valence-electron chi connectivity index (χ1n) is 12.3. The van der Waals surface area contributed by atoms with Crippen molar-refractivity contribution in [1.82, 2.24) is 16.0 Å². The minimum atomic E-state index is -1.14. The first-order valence-corrected chi connectivity index (χ1v) is 13.7. The quantitative estimate of drug-likeness (QED) is 0.0704. The van der Waals surface area contributed by atoms with Gasteiger partial charge < -0.3 is 38.3 Å². The van der Waals surface area contributed by atoms with Crippen LogP contribution in [0.5, 0.6) is 0 Å². The minimum Gasteiger partial charge on any atom is -0.480 e. The molecule has 12 nitrogen and oxygen atoms in total. The highest BCUT2D eigenvalue weighted by Gasteiger charge is 2.33. The molecular weight excluding hydrogens is 486 g/mol. The Morgan fingerprint density at radius 3 is 1.97 bits per heavy atom. The van der Waals surface area contributed by atoms with Crippen LogP contribution in [0.25, 0.3) is 0 Å². The number of hydrogen-bond donors (Lipinski definition) is 7. The lowest BCUT2D eigenvalue weighted by Gasteiger charge is -2.28. The molecule has 6 atom stereocenters. The molecule has 0 aliphatic carbocycles. The molecule has 0 bridgehead atoms. The number of guanidine groups is 1. The van der Waals surface area contributed by atoms with Crippen LogP contribution in [0.4, 0.5) is 0 Å². The van der Waals surface area contributed by atoms with Gasteiger partial charge >= 0.3 is 5.97 Å². The average Bonchev–Trinajstić information content (AvgIpc) is 2.84. The number of nitrogens with two attached hydrogens (primary N) is 3. The van der Waals surface area contributed by atoms with Gasteiger partial charge in [-0.1, -0.05) is 40.5 Å². The van der Waals surface area contributed by atoms with Gasteiger partial charge in [0.1, 0.15) is 18.1 Å². The molecule has 0 aliphatic heterocycles. The molecule has 0 aromatic carbocycles. The molecule has 0 aromatic rings. The van der Waals surface area contributed by atoms with E-state index >= 15 is 0 Å². The lowest BCUT2D eigenvalue weighted by Crippen LogP contribution is -2.59. The summed E-state index contributed by atoms with van der Waals surface area (Å²) in [6.07, 6.45) is 3.94.